The maximum atomic E-state index is 12.7. The summed E-state index contributed by atoms with van der Waals surface area (Å²) in [5, 5.41) is 3.03. The summed E-state index contributed by atoms with van der Waals surface area (Å²) in [7, 11) is 0. The first-order valence-electron chi connectivity index (χ1n) is 10.9. The van der Waals surface area contributed by atoms with E-state index in [1.54, 1.807) is 0 Å². The molecule has 160 valence electrons. The second-order valence-electron chi connectivity index (χ2n) is 7.94. The Hall–Kier alpha value is -2.66. The number of hydrogen-bond acceptors (Lipinski definition) is 3. The van der Waals surface area contributed by atoms with E-state index in [-0.39, 0.29) is 5.91 Å². The van der Waals surface area contributed by atoms with Crippen LogP contribution in [0.4, 0.5) is 0 Å². The van der Waals surface area contributed by atoms with Gasteiger partial charge in [-0.3, -0.25) is 4.79 Å². The van der Waals surface area contributed by atoms with E-state index in [1.165, 1.54) is 11.1 Å². The van der Waals surface area contributed by atoms with E-state index < -0.39 is 0 Å². The van der Waals surface area contributed by atoms with Crippen LogP contribution in [-0.2, 0) is 16.0 Å². The van der Waals surface area contributed by atoms with Crippen molar-refractivity contribution >= 4 is 11.6 Å². The van der Waals surface area contributed by atoms with Gasteiger partial charge in [0.25, 0.3) is 0 Å². The van der Waals surface area contributed by atoms with Crippen LogP contribution in [0.25, 0.3) is 16.9 Å². The van der Waals surface area contributed by atoms with Crippen LogP contribution in [0.15, 0.2) is 36.5 Å². The molecule has 1 N–H and O–H groups in total. The molecule has 1 amide bonds. The average Bonchev–Trinajstić information content (AvgIpc) is 3.09. The summed E-state index contributed by atoms with van der Waals surface area (Å²) in [5.74, 6) is 0.0111. The zero-order valence-electron chi connectivity index (χ0n) is 18.6. The predicted molar refractivity (Wildman–Crippen MR) is 122 cm³/mol. The van der Waals surface area contributed by atoms with Crippen molar-refractivity contribution in [2.24, 2.45) is 0 Å². The first-order chi connectivity index (χ1) is 14.5. The van der Waals surface area contributed by atoms with E-state index in [1.807, 2.05) is 16.7 Å². The van der Waals surface area contributed by atoms with Gasteiger partial charge < -0.3 is 14.5 Å². The highest BCUT2D eigenvalue weighted by molar-refractivity contribution is 5.82. The number of imidazole rings is 1. The number of fused-ring (bicyclic) bond motifs is 1. The van der Waals surface area contributed by atoms with Crippen LogP contribution >= 0.6 is 0 Å². The van der Waals surface area contributed by atoms with Gasteiger partial charge in [0, 0.05) is 31.5 Å². The van der Waals surface area contributed by atoms with E-state index in [2.05, 4.69) is 57.3 Å². The molecule has 0 saturated carbocycles. The van der Waals surface area contributed by atoms with Gasteiger partial charge in [-0.15, -0.1) is 0 Å². The van der Waals surface area contributed by atoms with E-state index in [0.717, 1.165) is 54.0 Å². The molecule has 3 rings (SSSR count). The Labute approximate surface area is 179 Å². The number of benzene rings is 1. The number of nitrogens with one attached hydrogen (secondary N) is 1. The number of pyridine rings is 1. The number of ether oxygens (including phenoxy) is 1. The fraction of sp³-hybridized carbons (Fsp3) is 0.440. The van der Waals surface area contributed by atoms with Crippen LogP contribution in [0, 0.1) is 20.8 Å². The summed E-state index contributed by atoms with van der Waals surface area (Å²) in [4.78, 5) is 17.6. The van der Waals surface area contributed by atoms with Crippen molar-refractivity contribution in [3.63, 3.8) is 0 Å². The minimum absolute atomic E-state index is 0.0111. The predicted octanol–water partition coefficient (Wildman–Crippen LogP) is 4.79. The summed E-state index contributed by atoms with van der Waals surface area (Å²) in [5.41, 5.74) is 7.32. The molecule has 0 saturated heterocycles. The fourth-order valence-corrected chi connectivity index (χ4v) is 3.51. The van der Waals surface area contributed by atoms with Crippen LogP contribution in [0.3, 0.4) is 0 Å². The monoisotopic (exact) mass is 407 g/mol. The molecule has 1 aromatic carbocycles. The van der Waals surface area contributed by atoms with Crippen molar-refractivity contribution in [2.45, 2.75) is 53.4 Å². The van der Waals surface area contributed by atoms with Crippen LogP contribution in [0.2, 0.25) is 0 Å². The van der Waals surface area contributed by atoms with Crippen molar-refractivity contribution in [3.8, 4) is 11.3 Å². The molecule has 2 heterocycles. The third-order valence-corrected chi connectivity index (χ3v) is 5.48. The number of aromatic nitrogens is 2. The van der Waals surface area contributed by atoms with Gasteiger partial charge in [0.2, 0.25) is 5.91 Å². The number of nitrogens with zero attached hydrogens (tertiary/aromatic N) is 2. The Kier molecular flexibility index (Phi) is 7.63. The summed E-state index contributed by atoms with van der Waals surface area (Å²) < 4.78 is 7.61. The fourth-order valence-electron chi connectivity index (χ4n) is 3.51. The van der Waals surface area contributed by atoms with Crippen molar-refractivity contribution < 1.29 is 9.53 Å². The maximum Gasteiger partial charge on any atom is 0.226 e. The Morgan fingerprint density at radius 1 is 1.07 bits per heavy atom. The lowest BCUT2D eigenvalue weighted by atomic mass is 10.0. The summed E-state index contributed by atoms with van der Waals surface area (Å²) in [6.07, 6.45) is 5.33. The molecular weight excluding hydrogens is 374 g/mol. The van der Waals surface area contributed by atoms with Crippen LogP contribution in [0.1, 0.15) is 48.6 Å². The Balaban J connectivity index is 1.76. The highest BCUT2D eigenvalue weighted by Gasteiger charge is 2.18. The summed E-state index contributed by atoms with van der Waals surface area (Å²) in [6, 6.07) is 10.4. The lowest BCUT2D eigenvalue weighted by Crippen LogP contribution is -2.27. The van der Waals surface area contributed by atoms with Gasteiger partial charge in [-0.05, 0) is 62.4 Å². The van der Waals surface area contributed by atoms with Gasteiger partial charge in [0.05, 0.1) is 17.8 Å². The van der Waals surface area contributed by atoms with Crippen molar-refractivity contribution in [2.75, 3.05) is 19.8 Å². The first-order valence-corrected chi connectivity index (χ1v) is 10.9. The van der Waals surface area contributed by atoms with E-state index >= 15 is 0 Å². The Morgan fingerprint density at radius 3 is 2.63 bits per heavy atom. The molecule has 0 radical (unpaired) electrons. The van der Waals surface area contributed by atoms with Crippen molar-refractivity contribution in [1.82, 2.24) is 14.7 Å². The molecule has 5 heteroatoms. The van der Waals surface area contributed by atoms with Gasteiger partial charge in [-0.25, -0.2) is 4.98 Å². The number of carbonyl (C=O) groups is 1. The molecule has 0 spiro atoms. The zero-order chi connectivity index (χ0) is 21.5. The number of carbonyl (C=O) groups excluding carboxylic acids is 1. The average molecular weight is 408 g/mol. The molecule has 0 aliphatic heterocycles. The molecule has 30 heavy (non-hydrogen) atoms. The van der Waals surface area contributed by atoms with Gasteiger partial charge in [-0.1, -0.05) is 31.5 Å². The second kappa shape index (κ2) is 10.4. The smallest absolute Gasteiger partial charge is 0.226 e. The molecule has 0 aliphatic carbocycles. The summed E-state index contributed by atoms with van der Waals surface area (Å²) in [6.45, 7) is 10.5. The minimum Gasteiger partial charge on any atom is -0.381 e. The first kappa shape index (κ1) is 22.0. The largest absolute Gasteiger partial charge is 0.381 e. The minimum atomic E-state index is 0.0111. The normalized spacial score (nSPS) is 11.2. The molecule has 2 aromatic heterocycles. The quantitative estimate of drug-likeness (QED) is 0.492. The molecule has 0 atom stereocenters. The standard InChI is InChI=1S/C25H33N3O2/c1-5-6-14-30-15-8-12-26-23(29)17-22-24(21-11-10-18(2)20(4)16-21)27-25-19(3)9-7-13-28(22)25/h7,9-11,13,16H,5-6,8,12,14-15,17H2,1-4H3,(H,26,29). The third kappa shape index (κ3) is 5.28. The number of hydrogen-bond donors (Lipinski definition) is 1. The van der Waals surface area contributed by atoms with Gasteiger partial charge in [0.1, 0.15) is 5.65 Å². The van der Waals surface area contributed by atoms with Gasteiger partial charge in [-0.2, -0.15) is 0 Å². The second-order valence-corrected chi connectivity index (χ2v) is 7.94. The van der Waals surface area contributed by atoms with Crippen molar-refractivity contribution in [1.29, 1.82) is 0 Å². The number of unbranched alkanes of at least 4 members (excludes halogenated alkanes) is 1. The Morgan fingerprint density at radius 2 is 1.87 bits per heavy atom. The molecule has 5 nitrogen and oxygen atoms in total. The molecule has 3 aromatic rings. The highest BCUT2D eigenvalue weighted by Crippen LogP contribution is 2.27. The molecule has 0 unspecified atom stereocenters. The van der Waals surface area contributed by atoms with Gasteiger partial charge >= 0.3 is 0 Å². The molecular formula is C25H33N3O2. The summed E-state index contributed by atoms with van der Waals surface area (Å²) >= 11 is 0. The SMILES string of the molecule is CCCCOCCCNC(=O)Cc1c(-c2ccc(C)c(C)c2)nc2c(C)cccn12. The van der Waals surface area contributed by atoms with Gasteiger partial charge in [0.15, 0.2) is 0 Å². The maximum absolute atomic E-state index is 12.7. The highest BCUT2D eigenvalue weighted by atomic mass is 16.5. The number of rotatable bonds is 10. The van der Waals surface area contributed by atoms with Crippen LogP contribution in [-0.4, -0.2) is 35.1 Å². The number of amides is 1. The van der Waals surface area contributed by atoms with E-state index in [9.17, 15) is 4.79 Å². The van der Waals surface area contributed by atoms with E-state index in [0.29, 0.717) is 19.6 Å². The molecule has 0 aliphatic rings. The van der Waals surface area contributed by atoms with E-state index in [4.69, 9.17) is 9.72 Å². The van der Waals surface area contributed by atoms with Crippen molar-refractivity contribution in [3.05, 3.63) is 58.9 Å². The lowest BCUT2D eigenvalue weighted by Gasteiger charge is -2.09. The zero-order valence-corrected chi connectivity index (χ0v) is 18.6. The molecule has 0 fully saturated rings. The third-order valence-electron chi connectivity index (χ3n) is 5.48. The van der Waals surface area contributed by atoms with Crippen LogP contribution < -0.4 is 5.32 Å². The Bertz CT molecular complexity index is 1010. The number of aryl methyl sites for hydroxylation is 3. The molecule has 0 bridgehead atoms. The van der Waals surface area contributed by atoms with Crippen LogP contribution in [0.5, 0.6) is 0 Å². The lowest BCUT2D eigenvalue weighted by molar-refractivity contribution is -0.120. The topological polar surface area (TPSA) is 55.6 Å².